The number of rotatable bonds is 3. The number of nitrogens with two attached hydrogens (primary N) is 1. The third-order valence-corrected chi connectivity index (χ3v) is 5.31. The molecule has 0 spiro atoms. The van der Waals surface area contributed by atoms with Gasteiger partial charge in [-0.2, -0.15) is 4.31 Å². The van der Waals surface area contributed by atoms with Gasteiger partial charge < -0.3 is 10.5 Å². The molecule has 1 aliphatic heterocycles. The average molecular weight is 284 g/mol. The maximum Gasteiger partial charge on any atom is 0.243 e. The SMILES string of the molecule is CC1CN(S(=O)(=O)c2ccc(CN)cc2)C(C)CO1. The Hall–Kier alpha value is -0.950. The van der Waals surface area contributed by atoms with Crippen LogP contribution in [0.2, 0.25) is 0 Å². The second kappa shape index (κ2) is 5.58. The van der Waals surface area contributed by atoms with Crippen LogP contribution in [0.15, 0.2) is 29.2 Å². The van der Waals surface area contributed by atoms with Crippen molar-refractivity contribution in [2.24, 2.45) is 5.73 Å². The topological polar surface area (TPSA) is 72.6 Å². The lowest BCUT2D eigenvalue weighted by molar-refractivity contribution is -0.0170. The lowest BCUT2D eigenvalue weighted by Crippen LogP contribution is -2.50. The molecule has 2 N–H and O–H groups in total. The molecule has 0 bridgehead atoms. The molecule has 0 saturated carbocycles. The van der Waals surface area contributed by atoms with E-state index in [1.807, 2.05) is 13.8 Å². The van der Waals surface area contributed by atoms with Crippen LogP contribution in [0.5, 0.6) is 0 Å². The molecule has 5 nitrogen and oxygen atoms in total. The number of benzene rings is 1. The third-order valence-electron chi connectivity index (χ3n) is 3.32. The van der Waals surface area contributed by atoms with Gasteiger partial charge in [-0.05, 0) is 31.5 Å². The number of hydrogen-bond donors (Lipinski definition) is 1. The molecule has 0 amide bonds. The fourth-order valence-electron chi connectivity index (χ4n) is 2.14. The zero-order valence-electron chi connectivity index (χ0n) is 11.2. The second-order valence-electron chi connectivity index (χ2n) is 4.92. The third kappa shape index (κ3) is 2.97. The highest BCUT2D eigenvalue weighted by Gasteiger charge is 2.33. The zero-order chi connectivity index (χ0) is 14.0. The highest BCUT2D eigenvalue weighted by atomic mass is 32.2. The molecule has 106 valence electrons. The predicted octanol–water partition coefficient (Wildman–Crippen LogP) is 0.943. The van der Waals surface area contributed by atoms with Crippen molar-refractivity contribution < 1.29 is 13.2 Å². The fourth-order valence-corrected chi connectivity index (χ4v) is 3.83. The molecule has 6 heteroatoms. The quantitative estimate of drug-likeness (QED) is 0.896. The van der Waals surface area contributed by atoms with Crippen molar-refractivity contribution in [2.75, 3.05) is 13.2 Å². The monoisotopic (exact) mass is 284 g/mol. The second-order valence-corrected chi connectivity index (χ2v) is 6.81. The van der Waals surface area contributed by atoms with Crippen LogP contribution in [-0.4, -0.2) is 38.0 Å². The first-order valence-electron chi connectivity index (χ1n) is 6.37. The average Bonchev–Trinajstić information content (AvgIpc) is 2.41. The first-order chi connectivity index (χ1) is 8.95. The van der Waals surface area contributed by atoms with Crippen LogP contribution in [0.25, 0.3) is 0 Å². The van der Waals surface area contributed by atoms with Gasteiger partial charge >= 0.3 is 0 Å². The maximum atomic E-state index is 12.6. The normalized spacial score (nSPS) is 25.4. The molecule has 19 heavy (non-hydrogen) atoms. The highest BCUT2D eigenvalue weighted by Crippen LogP contribution is 2.22. The Morgan fingerprint density at radius 1 is 1.32 bits per heavy atom. The Kier molecular flexibility index (Phi) is 4.25. The summed E-state index contributed by atoms with van der Waals surface area (Å²) in [6.07, 6.45) is -0.0747. The van der Waals surface area contributed by atoms with Crippen molar-refractivity contribution in [3.05, 3.63) is 29.8 Å². The molecule has 1 fully saturated rings. The molecule has 2 rings (SSSR count). The molecule has 1 heterocycles. The van der Waals surface area contributed by atoms with E-state index in [1.165, 1.54) is 4.31 Å². The van der Waals surface area contributed by atoms with E-state index in [9.17, 15) is 8.42 Å². The van der Waals surface area contributed by atoms with Gasteiger partial charge in [-0.15, -0.1) is 0 Å². The van der Waals surface area contributed by atoms with E-state index < -0.39 is 10.0 Å². The summed E-state index contributed by atoms with van der Waals surface area (Å²) in [6, 6.07) is 6.59. The van der Waals surface area contributed by atoms with Crippen LogP contribution >= 0.6 is 0 Å². The number of ether oxygens (including phenoxy) is 1. The molecule has 1 aromatic carbocycles. The molecule has 1 saturated heterocycles. The van der Waals surface area contributed by atoms with E-state index in [1.54, 1.807) is 24.3 Å². The summed E-state index contributed by atoms with van der Waals surface area (Å²) >= 11 is 0. The summed E-state index contributed by atoms with van der Waals surface area (Å²) in [4.78, 5) is 0.311. The van der Waals surface area contributed by atoms with Gasteiger partial charge in [-0.3, -0.25) is 0 Å². The lowest BCUT2D eigenvalue weighted by atomic mass is 10.2. The molecule has 2 unspecified atom stereocenters. The van der Waals surface area contributed by atoms with Crippen LogP contribution in [0, 0.1) is 0 Å². The van der Waals surface area contributed by atoms with Gasteiger partial charge in [0, 0.05) is 19.1 Å². The van der Waals surface area contributed by atoms with Gasteiger partial charge in [0.25, 0.3) is 0 Å². The summed E-state index contributed by atoms with van der Waals surface area (Å²) < 4.78 is 32.1. The van der Waals surface area contributed by atoms with Crippen molar-refractivity contribution >= 4 is 10.0 Å². The minimum Gasteiger partial charge on any atom is -0.375 e. The Labute approximate surface area is 114 Å². The molecular weight excluding hydrogens is 264 g/mol. The van der Waals surface area contributed by atoms with Crippen molar-refractivity contribution in [2.45, 2.75) is 37.4 Å². The molecule has 1 aromatic rings. The molecule has 0 radical (unpaired) electrons. The standard InChI is InChI=1S/C13H20N2O3S/c1-10-9-18-11(2)8-15(10)19(16,17)13-5-3-12(7-14)4-6-13/h3-6,10-11H,7-9,14H2,1-2H3. The summed E-state index contributed by atoms with van der Waals surface area (Å²) in [5, 5.41) is 0. The molecule has 0 aromatic heterocycles. The molecule has 1 aliphatic rings. The van der Waals surface area contributed by atoms with Gasteiger partial charge in [-0.25, -0.2) is 8.42 Å². The summed E-state index contributed by atoms with van der Waals surface area (Å²) in [6.45, 7) is 4.97. The summed E-state index contributed by atoms with van der Waals surface area (Å²) in [5.41, 5.74) is 6.43. The predicted molar refractivity (Wildman–Crippen MR) is 73.1 cm³/mol. The van der Waals surface area contributed by atoms with Crippen LogP contribution < -0.4 is 5.73 Å². The van der Waals surface area contributed by atoms with Gasteiger partial charge in [0.15, 0.2) is 0 Å². The van der Waals surface area contributed by atoms with Crippen LogP contribution in [0.1, 0.15) is 19.4 Å². The molecule has 0 aliphatic carbocycles. The van der Waals surface area contributed by atoms with Gasteiger partial charge in [0.05, 0.1) is 17.6 Å². The number of hydrogen-bond acceptors (Lipinski definition) is 4. The Bertz CT molecular complexity index is 527. The molecule has 2 atom stereocenters. The summed E-state index contributed by atoms with van der Waals surface area (Å²) in [7, 11) is -3.46. The highest BCUT2D eigenvalue weighted by molar-refractivity contribution is 7.89. The first kappa shape index (κ1) is 14.5. The van der Waals surface area contributed by atoms with Crippen LogP contribution in [0.3, 0.4) is 0 Å². The van der Waals surface area contributed by atoms with Crippen LogP contribution in [-0.2, 0) is 21.3 Å². The van der Waals surface area contributed by atoms with E-state index >= 15 is 0 Å². The fraction of sp³-hybridized carbons (Fsp3) is 0.538. The van der Waals surface area contributed by atoms with Crippen molar-refractivity contribution in [1.82, 2.24) is 4.31 Å². The smallest absolute Gasteiger partial charge is 0.243 e. The zero-order valence-corrected chi connectivity index (χ0v) is 12.1. The van der Waals surface area contributed by atoms with Gasteiger partial charge in [0.1, 0.15) is 0 Å². The Morgan fingerprint density at radius 3 is 2.53 bits per heavy atom. The van der Waals surface area contributed by atoms with Gasteiger partial charge in [0.2, 0.25) is 10.0 Å². The number of sulfonamides is 1. The lowest BCUT2D eigenvalue weighted by Gasteiger charge is -2.35. The van der Waals surface area contributed by atoms with E-state index in [2.05, 4.69) is 0 Å². The Morgan fingerprint density at radius 2 is 1.95 bits per heavy atom. The number of nitrogens with zero attached hydrogens (tertiary/aromatic N) is 1. The minimum atomic E-state index is -3.46. The molecular formula is C13H20N2O3S. The van der Waals surface area contributed by atoms with E-state index in [4.69, 9.17) is 10.5 Å². The first-order valence-corrected chi connectivity index (χ1v) is 7.81. The van der Waals surface area contributed by atoms with E-state index in [0.29, 0.717) is 24.6 Å². The maximum absolute atomic E-state index is 12.6. The van der Waals surface area contributed by atoms with E-state index in [0.717, 1.165) is 5.56 Å². The Balaban J connectivity index is 2.29. The minimum absolute atomic E-state index is 0.0747. The van der Waals surface area contributed by atoms with Crippen molar-refractivity contribution in [3.63, 3.8) is 0 Å². The van der Waals surface area contributed by atoms with Crippen molar-refractivity contribution in [3.8, 4) is 0 Å². The van der Waals surface area contributed by atoms with Gasteiger partial charge in [-0.1, -0.05) is 12.1 Å². The van der Waals surface area contributed by atoms with E-state index in [-0.39, 0.29) is 12.1 Å². The number of morpholine rings is 1. The largest absolute Gasteiger partial charge is 0.375 e. The van der Waals surface area contributed by atoms with Crippen molar-refractivity contribution in [1.29, 1.82) is 0 Å². The summed E-state index contributed by atoms with van der Waals surface area (Å²) in [5.74, 6) is 0. The van der Waals surface area contributed by atoms with Crippen LogP contribution in [0.4, 0.5) is 0 Å².